The first-order chi connectivity index (χ1) is 6.09. The molecule has 72 valence electrons. The van der Waals surface area contributed by atoms with Crippen molar-refractivity contribution in [1.82, 2.24) is 0 Å². The van der Waals surface area contributed by atoms with E-state index in [-0.39, 0.29) is 11.0 Å². The van der Waals surface area contributed by atoms with Crippen LogP contribution in [0.15, 0.2) is 24.3 Å². The van der Waals surface area contributed by atoms with E-state index < -0.39 is 11.1 Å². The van der Waals surface area contributed by atoms with Crippen molar-refractivity contribution in [3.8, 4) is 5.75 Å². The van der Waals surface area contributed by atoms with Gasteiger partial charge in [0.25, 0.3) is 0 Å². The average Bonchev–Trinajstić information content (AvgIpc) is 2.08. The summed E-state index contributed by atoms with van der Waals surface area (Å²) in [7, 11) is 0. The van der Waals surface area contributed by atoms with Gasteiger partial charge >= 0.3 is 0 Å². The molecular formula is C9H11O3S-. The van der Waals surface area contributed by atoms with Crippen molar-refractivity contribution in [3.05, 3.63) is 29.8 Å². The molecule has 3 nitrogen and oxygen atoms in total. The number of hydrogen-bond donors (Lipinski definition) is 1. The van der Waals surface area contributed by atoms with Crippen LogP contribution in [0.4, 0.5) is 0 Å². The van der Waals surface area contributed by atoms with Gasteiger partial charge in [-0.1, -0.05) is 30.1 Å². The molecule has 1 rings (SSSR count). The highest BCUT2D eigenvalue weighted by atomic mass is 32.2. The summed E-state index contributed by atoms with van der Waals surface area (Å²) < 4.78 is 21.0. The number of benzene rings is 1. The fourth-order valence-electron chi connectivity index (χ4n) is 1.03. The molecule has 4 heteroatoms. The van der Waals surface area contributed by atoms with Gasteiger partial charge in [0.15, 0.2) is 0 Å². The molecule has 0 aromatic heterocycles. The Labute approximate surface area is 79.7 Å². The topological polar surface area (TPSA) is 60.4 Å². The summed E-state index contributed by atoms with van der Waals surface area (Å²) in [5.74, 6) is 0.194. The van der Waals surface area contributed by atoms with E-state index in [1.54, 1.807) is 31.2 Å². The molecule has 2 atom stereocenters. The normalized spacial score (nSPS) is 15.2. The second-order valence-corrected chi connectivity index (χ2v) is 4.27. The van der Waals surface area contributed by atoms with Gasteiger partial charge in [-0.3, -0.25) is 4.21 Å². The molecule has 0 spiro atoms. The second-order valence-electron chi connectivity index (χ2n) is 2.94. The molecule has 0 radical (unpaired) electrons. The molecule has 0 bridgehead atoms. The Morgan fingerprint density at radius 3 is 2.46 bits per heavy atom. The molecule has 2 unspecified atom stereocenters. The molecule has 0 saturated carbocycles. The zero-order valence-corrected chi connectivity index (χ0v) is 8.08. The smallest absolute Gasteiger partial charge is 0.115 e. The SMILES string of the molecule is CC(Cc1ccc(O)cc1)S(=O)[O-]. The Morgan fingerprint density at radius 1 is 1.46 bits per heavy atom. The Balaban J connectivity index is 2.64. The zero-order chi connectivity index (χ0) is 9.84. The van der Waals surface area contributed by atoms with Crippen molar-refractivity contribution in [1.29, 1.82) is 0 Å². The highest BCUT2D eigenvalue weighted by Gasteiger charge is 2.03. The first kappa shape index (κ1) is 10.2. The van der Waals surface area contributed by atoms with Gasteiger partial charge in [-0.2, -0.15) is 0 Å². The number of hydrogen-bond acceptors (Lipinski definition) is 3. The summed E-state index contributed by atoms with van der Waals surface area (Å²) in [5.41, 5.74) is 0.912. The average molecular weight is 199 g/mol. The molecule has 1 N–H and O–H groups in total. The van der Waals surface area contributed by atoms with Crippen molar-refractivity contribution >= 4 is 11.1 Å². The van der Waals surface area contributed by atoms with Crippen LogP contribution in [0.2, 0.25) is 0 Å². The minimum absolute atomic E-state index is 0.194. The Kier molecular flexibility index (Phi) is 3.45. The van der Waals surface area contributed by atoms with E-state index in [1.165, 1.54) is 0 Å². The first-order valence-electron chi connectivity index (χ1n) is 3.95. The van der Waals surface area contributed by atoms with Crippen LogP contribution in [0.3, 0.4) is 0 Å². The minimum atomic E-state index is -2.03. The van der Waals surface area contributed by atoms with Crippen molar-refractivity contribution in [3.63, 3.8) is 0 Å². The van der Waals surface area contributed by atoms with Gasteiger partial charge in [-0.25, -0.2) is 0 Å². The Hall–Kier alpha value is -0.870. The van der Waals surface area contributed by atoms with E-state index in [2.05, 4.69) is 0 Å². The first-order valence-corrected chi connectivity index (χ1v) is 5.09. The third kappa shape index (κ3) is 3.16. The largest absolute Gasteiger partial charge is 0.772 e. The molecule has 0 amide bonds. The fraction of sp³-hybridized carbons (Fsp3) is 0.333. The lowest BCUT2D eigenvalue weighted by Gasteiger charge is -2.14. The monoisotopic (exact) mass is 199 g/mol. The summed E-state index contributed by atoms with van der Waals surface area (Å²) in [4.78, 5) is 0. The molecule has 1 aromatic carbocycles. The van der Waals surface area contributed by atoms with Gasteiger partial charge in [0.2, 0.25) is 0 Å². The summed E-state index contributed by atoms with van der Waals surface area (Å²) in [6, 6.07) is 6.54. The summed E-state index contributed by atoms with van der Waals surface area (Å²) in [5, 5.41) is 8.59. The molecule has 0 aliphatic carbocycles. The van der Waals surface area contributed by atoms with E-state index in [4.69, 9.17) is 5.11 Å². The summed E-state index contributed by atoms with van der Waals surface area (Å²) >= 11 is -2.03. The van der Waals surface area contributed by atoms with Crippen molar-refractivity contribution in [2.75, 3.05) is 0 Å². The van der Waals surface area contributed by atoms with Crippen LogP contribution in [0.1, 0.15) is 12.5 Å². The van der Waals surface area contributed by atoms with Crippen LogP contribution < -0.4 is 0 Å². The summed E-state index contributed by atoms with van der Waals surface area (Å²) in [6.45, 7) is 1.65. The maximum absolute atomic E-state index is 10.5. The van der Waals surface area contributed by atoms with E-state index in [9.17, 15) is 8.76 Å². The number of phenols is 1. The highest BCUT2D eigenvalue weighted by Crippen LogP contribution is 2.12. The van der Waals surface area contributed by atoms with Crippen LogP contribution >= 0.6 is 0 Å². The minimum Gasteiger partial charge on any atom is -0.772 e. The molecule has 13 heavy (non-hydrogen) atoms. The standard InChI is InChI=1S/C9H12O3S/c1-7(13(11)12)6-8-2-4-9(10)5-3-8/h2-5,7,10H,6H2,1H3,(H,11,12)/p-1. The van der Waals surface area contributed by atoms with Gasteiger partial charge < -0.3 is 9.66 Å². The predicted octanol–water partition coefficient (Wildman–Crippen LogP) is 1.20. The highest BCUT2D eigenvalue weighted by molar-refractivity contribution is 7.79. The predicted molar refractivity (Wildman–Crippen MR) is 50.2 cm³/mol. The van der Waals surface area contributed by atoms with Crippen LogP contribution in [0, 0.1) is 0 Å². The lowest BCUT2D eigenvalue weighted by atomic mass is 10.1. The van der Waals surface area contributed by atoms with Crippen molar-refractivity contribution in [2.24, 2.45) is 0 Å². The molecule has 0 saturated heterocycles. The second kappa shape index (κ2) is 4.39. The molecule has 0 fully saturated rings. The lowest BCUT2D eigenvalue weighted by Crippen LogP contribution is -2.12. The lowest BCUT2D eigenvalue weighted by molar-refractivity contribution is 0.475. The van der Waals surface area contributed by atoms with E-state index in [0.717, 1.165) is 5.56 Å². The van der Waals surface area contributed by atoms with Crippen LogP contribution in [-0.4, -0.2) is 19.1 Å². The third-order valence-corrected chi connectivity index (χ3v) is 2.61. The van der Waals surface area contributed by atoms with E-state index in [1.807, 2.05) is 0 Å². The van der Waals surface area contributed by atoms with Gasteiger partial charge in [0.05, 0.1) is 0 Å². The molecule has 0 aliphatic rings. The molecule has 0 heterocycles. The quantitative estimate of drug-likeness (QED) is 0.744. The van der Waals surface area contributed by atoms with Crippen LogP contribution in [-0.2, 0) is 17.5 Å². The third-order valence-electron chi connectivity index (χ3n) is 1.79. The van der Waals surface area contributed by atoms with Gasteiger partial charge in [-0.05, 0) is 24.1 Å². The molecular weight excluding hydrogens is 188 g/mol. The molecule has 0 aliphatic heterocycles. The van der Waals surface area contributed by atoms with Crippen molar-refractivity contribution < 1.29 is 13.9 Å². The van der Waals surface area contributed by atoms with Crippen LogP contribution in [0.5, 0.6) is 5.75 Å². The van der Waals surface area contributed by atoms with Gasteiger partial charge in [0, 0.05) is 5.25 Å². The van der Waals surface area contributed by atoms with Gasteiger partial charge in [0.1, 0.15) is 5.75 Å². The fourth-order valence-corrected chi connectivity index (χ4v) is 1.36. The maximum Gasteiger partial charge on any atom is 0.115 e. The number of aromatic hydroxyl groups is 1. The summed E-state index contributed by atoms with van der Waals surface area (Å²) in [6.07, 6.45) is 0.483. The zero-order valence-electron chi connectivity index (χ0n) is 7.27. The van der Waals surface area contributed by atoms with E-state index >= 15 is 0 Å². The Bertz CT molecular complexity index is 294. The van der Waals surface area contributed by atoms with Gasteiger partial charge in [-0.15, -0.1) is 0 Å². The number of rotatable bonds is 3. The van der Waals surface area contributed by atoms with E-state index in [0.29, 0.717) is 6.42 Å². The Morgan fingerprint density at radius 2 is 2.00 bits per heavy atom. The molecule has 1 aromatic rings. The van der Waals surface area contributed by atoms with Crippen LogP contribution in [0.25, 0.3) is 0 Å². The maximum atomic E-state index is 10.5. The number of phenolic OH excluding ortho intramolecular Hbond substituents is 1. The van der Waals surface area contributed by atoms with Crippen molar-refractivity contribution in [2.45, 2.75) is 18.6 Å².